The predicted molar refractivity (Wildman–Crippen MR) is 105 cm³/mol. The van der Waals surface area contributed by atoms with E-state index in [4.69, 9.17) is 16.3 Å². The molecule has 0 aliphatic heterocycles. The zero-order valence-corrected chi connectivity index (χ0v) is 16.6. The first-order valence-electron chi connectivity index (χ1n) is 9.35. The van der Waals surface area contributed by atoms with Crippen molar-refractivity contribution in [2.75, 3.05) is 0 Å². The molecule has 0 unspecified atom stereocenters. The van der Waals surface area contributed by atoms with E-state index in [9.17, 15) is 13.2 Å². The van der Waals surface area contributed by atoms with E-state index in [0.717, 1.165) is 18.4 Å². The second kappa shape index (κ2) is 7.12. The number of para-hydroxylation sites is 1. The lowest BCUT2D eigenvalue weighted by molar-refractivity contribution is -0.274. The minimum atomic E-state index is -4.73. The maximum atomic E-state index is 12.4. The zero-order valence-electron chi connectivity index (χ0n) is 15.8. The Labute approximate surface area is 179 Å². The first-order chi connectivity index (χ1) is 14.9. The molecule has 6 nitrogen and oxygen atoms in total. The van der Waals surface area contributed by atoms with Gasteiger partial charge >= 0.3 is 6.36 Å². The third kappa shape index (κ3) is 3.65. The van der Waals surface area contributed by atoms with Gasteiger partial charge in [-0.15, -0.1) is 23.4 Å². The molecule has 2 aromatic heterocycles. The molecule has 0 saturated heterocycles. The number of rotatable bonds is 5. The van der Waals surface area contributed by atoms with Gasteiger partial charge in [0.05, 0.1) is 10.4 Å². The summed E-state index contributed by atoms with van der Waals surface area (Å²) in [6.45, 7) is 0. The molecule has 0 radical (unpaired) electrons. The van der Waals surface area contributed by atoms with Gasteiger partial charge in [-0.2, -0.15) is 0 Å². The molecule has 0 atom stereocenters. The van der Waals surface area contributed by atoms with Crippen molar-refractivity contribution < 1.29 is 22.6 Å². The van der Waals surface area contributed by atoms with Gasteiger partial charge in [-0.25, -0.2) is 4.98 Å². The SMILES string of the molecule is FC(F)(F)Oc1ccc(C2(c3nnc4c(Oc5ccccc5Cl)nccn34)CC2)cc1. The van der Waals surface area contributed by atoms with Crippen LogP contribution in [0.2, 0.25) is 5.02 Å². The van der Waals surface area contributed by atoms with Gasteiger partial charge in [0.15, 0.2) is 0 Å². The quantitative estimate of drug-likeness (QED) is 0.402. The van der Waals surface area contributed by atoms with E-state index in [-0.39, 0.29) is 11.6 Å². The van der Waals surface area contributed by atoms with Gasteiger partial charge in [0.25, 0.3) is 5.88 Å². The number of alkyl halides is 3. The highest BCUT2D eigenvalue weighted by Crippen LogP contribution is 2.53. The topological polar surface area (TPSA) is 61.5 Å². The van der Waals surface area contributed by atoms with Crippen molar-refractivity contribution in [2.24, 2.45) is 0 Å². The normalized spacial score (nSPS) is 15.1. The predicted octanol–water partition coefficient (Wildman–Crippen LogP) is 5.55. The third-order valence-corrected chi connectivity index (χ3v) is 5.47. The van der Waals surface area contributed by atoms with Crippen LogP contribution >= 0.6 is 11.6 Å². The monoisotopic (exact) mass is 446 g/mol. The first-order valence-corrected chi connectivity index (χ1v) is 9.72. The molecule has 1 aliphatic rings. The van der Waals surface area contributed by atoms with E-state index in [1.54, 1.807) is 53.2 Å². The number of halogens is 4. The van der Waals surface area contributed by atoms with Crippen LogP contribution in [0.15, 0.2) is 60.9 Å². The van der Waals surface area contributed by atoms with Gasteiger partial charge in [0.2, 0.25) is 5.65 Å². The highest BCUT2D eigenvalue weighted by atomic mass is 35.5. The van der Waals surface area contributed by atoms with E-state index in [1.807, 2.05) is 0 Å². The van der Waals surface area contributed by atoms with Gasteiger partial charge in [-0.1, -0.05) is 35.9 Å². The number of hydrogen-bond donors (Lipinski definition) is 0. The number of fused-ring (bicyclic) bond motifs is 1. The molecule has 31 heavy (non-hydrogen) atoms. The Morgan fingerprint density at radius 1 is 1.00 bits per heavy atom. The molecule has 10 heteroatoms. The van der Waals surface area contributed by atoms with Crippen LogP contribution in [0.5, 0.6) is 17.4 Å². The Morgan fingerprint density at radius 2 is 1.74 bits per heavy atom. The summed E-state index contributed by atoms with van der Waals surface area (Å²) in [5.74, 6) is 1.09. The summed E-state index contributed by atoms with van der Waals surface area (Å²) in [5.41, 5.74) is 0.807. The van der Waals surface area contributed by atoms with Crippen LogP contribution in [0.3, 0.4) is 0 Å². The second-order valence-corrected chi connectivity index (χ2v) is 7.54. The fourth-order valence-electron chi connectivity index (χ4n) is 3.58. The van der Waals surface area contributed by atoms with Gasteiger partial charge < -0.3 is 9.47 Å². The Morgan fingerprint density at radius 3 is 2.42 bits per heavy atom. The van der Waals surface area contributed by atoms with Crippen molar-refractivity contribution in [3.05, 3.63) is 77.3 Å². The van der Waals surface area contributed by atoms with Crippen molar-refractivity contribution in [3.63, 3.8) is 0 Å². The average molecular weight is 447 g/mol. The van der Waals surface area contributed by atoms with Gasteiger partial charge in [0, 0.05) is 12.4 Å². The number of benzene rings is 2. The zero-order chi connectivity index (χ0) is 21.6. The summed E-state index contributed by atoms with van der Waals surface area (Å²) in [6, 6.07) is 12.9. The molecule has 4 aromatic rings. The molecule has 158 valence electrons. The van der Waals surface area contributed by atoms with Crippen molar-refractivity contribution in [3.8, 4) is 17.4 Å². The molecule has 5 rings (SSSR count). The van der Waals surface area contributed by atoms with Crippen LogP contribution in [0.1, 0.15) is 24.2 Å². The minimum absolute atomic E-state index is 0.249. The lowest BCUT2D eigenvalue weighted by atomic mass is 9.95. The summed E-state index contributed by atoms with van der Waals surface area (Å²) in [4.78, 5) is 4.25. The second-order valence-electron chi connectivity index (χ2n) is 7.14. The van der Waals surface area contributed by atoms with E-state index in [0.29, 0.717) is 22.2 Å². The smallest absolute Gasteiger partial charge is 0.434 e. The standard InChI is InChI=1S/C21H14ClF3N4O2/c22-15-3-1-2-4-16(15)30-18-17-27-28-19(29(17)12-11-26-18)20(9-10-20)13-5-7-14(8-6-13)31-21(23,24)25/h1-8,11-12H,9-10H2. The van der Waals surface area contributed by atoms with Crippen molar-refractivity contribution >= 4 is 17.2 Å². The first kappa shape index (κ1) is 19.6. The lowest BCUT2D eigenvalue weighted by Crippen LogP contribution is -2.17. The van der Waals surface area contributed by atoms with Gasteiger partial charge in [-0.3, -0.25) is 4.40 Å². The Hall–Kier alpha value is -3.33. The van der Waals surface area contributed by atoms with E-state index < -0.39 is 11.8 Å². The number of ether oxygens (including phenoxy) is 2. The highest BCUT2D eigenvalue weighted by molar-refractivity contribution is 6.32. The van der Waals surface area contributed by atoms with Crippen LogP contribution in [0.4, 0.5) is 13.2 Å². The van der Waals surface area contributed by atoms with Crippen molar-refractivity contribution in [1.82, 2.24) is 19.6 Å². The molecule has 0 spiro atoms. The van der Waals surface area contributed by atoms with Crippen LogP contribution in [-0.4, -0.2) is 25.9 Å². The van der Waals surface area contributed by atoms with Crippen LogP contribution in [0.25, 0.3) is 5.65 Å². The number of aromatic nitrogens is 4. The Bertz CT molecular complexity index is 1250. The molecule has 2 heterocycles. The maximum Gasteiger partial charge on any atom is 0.573 e. The fraction of sp³-hybridized carbons (Fsp3) is 0.190. The summed E-state index contributed by atoms with van der Waals surface area (Å²) in [5, 5.41) is 9.05. The fourth-order valence-corrected chi connectivity index (χ4v) is 3.75. The van der Waals surface area contributed by atoms with Crippen LogP contribution in [-0.2, 0) is 5.41 Å². The maximum absolute atomic E-state index is 12.4. The van der Waals surface area contributed by atoms with Crippen molar-refractivity contribution in [1.29, 1.82) is 0 Å². The largest absolute Gasteiger partial charge is 0.573 e. The molecule has 1 aliphatic carbocycles. The van der Waals surface area contributed by atoms with Gasteiger partial charge in [-0.05, 0) is 42.7 Å². The Kier molecular flexibility index (Phi) is 4.51. The highest BCUT2D eigenvalue weighted by Gasteiger charge is 2.50. The average Bonchev–Trinajstić information content (AvgIpc) is 3.41. The molecule has 0 bridgehead atoms. The molecule has 0 amide bonds. The van der Waals surface area contributed by atoms with E-state index in [1.165, 1.54) is 12.1 Å². The summed E-state index contributed by atoms with van der Waals surface area (Å²) < 4.78 is 48.9. The number of nitrogens with zero attached hydrogens (tertiary/aromatic N) is 4. The molecule has 0 N–H and O–H groups in total. The van der Waals surface area contributed by atoms with Crippen LogP contribution in [0, 0.1) is 0 Å². The molecular formula is C21H14ClF3N4O2. The summed E-state index contributed by atoms with van der Waals surface area (Å²) in [6.07, 6.45) is 0.146. The molecule has 1 saturated carbocycles. The van der Waals surface area contributed by atoms with Gasteiger partial charge in [0.1, 0.15) is 17.3 Å². The lowest BCUT2D eigenvalue weighted by Gasteiger charge is -2.15. The molecule has 2 aromatic carbocycles. The number of hydrogen-bond acceptors (Lipinski definition) is 5. The van der Waals surface area contributed by atoms with Crippen LogP contribution < -0.4 is 9.47 Å². The summed E-state index contributed by atoms with van der Waals surface area (Å²) in [7, 11) is 0. The summed E-state index contributed by atoms with van der Waals surface area (Å²) >= 11 is 6.17. The third-order valence-electron chi connectivity index (χ3n) is 5.16. The molecular weight excluding hydrogens is 433 g/mol. The van der Waals surface area contributed by atoms with E-state index in [2.05, 4.69) is 19.9 Å². The van der Waals surface area contributed by atoms with Crippen molar-refractivity contribution in [2.45, 2.75) is 24.6 Å². The van der Waals surface area contributed by atoms with E-state index >= 15 is 0 Å². The Balaban J connectivity index is 1.49. The molecule has 1 fully saturated rings. The minimum Gasteiger partial charge on any atom is -0.434 e.